The monoisotopic (exact) mass is 222 g/mol. The van der Waals surface area contributed by atoms with Gasteiger partial charge in [-0.1, -0.05) is 0 Å². The predicted molar refractivity (Wildman–Crippen MR) is 67.8 cm³/mol. The number of hydrogen-bond donors (Lipinski definition) is 1. The van der Waals surface area contributed by atoms with Crippen LogP contribution in [-0.4, -0.2) is 22.4 Å². The fourth-order valence-electron chi connectivity index (χ4n) is 2.16. The van der Waals surface area contributed by atoms with E-state index in [-0.39, 0.29) is 0 Å². The molecular weight excluding hydrogens is 200 g/mol. The second-order valence-electron chi connectivity index (χ2n) is 4.88. The van der Waals surface area contributed by atoms with E-state index in [1.807, 2.05) is 6.92 Å². The smallest absolute Gasteiger partial charge is 0.151 e. The molecule has 2 N–H and O–H groups in total. The summed E-state index contributed by atoms with van der Waals surface area (Å²) < 4.78 is 2.06. The van der Waals surface area contributed by atoms with Crippen molar-refractivity contribution in [3.63, 3.8) is 0 Å². The summed E-state index contributed by atoms with van der Waals surface area (Å²) in [4.78, 5) is 2.40. The Labute approximate surface area is 97.4 Å². The van der Waals surface area contributed by atoms with Gasteiger partial charge in [0.2, 0.25) is 0 Å². The maximum Gasteiger partial charge on any atom is 0.151 e. The van der Waals surface area contributed by atoms with E-state index in [2.05, 4.69) is 35.5 Å². The molecule has 0 atom stereocenters. The first-order chi connectivity index (χ1) is 7.56. The Morgan fingerprint density at radius 2 is 2.12 bits per heavy atom. The highest BCUT2D eigenvalue weighted by Crippen LogP contribution is 2.37. The van der Waals surface area contributed by atoms with Gasteiger partial charge in [-0.25, -0.2) is 4.68 Å². The van der Waals surface area contributed by atoms with Crippen molar-refractivity contribution in [3.8, 4) is 0 Å². The second kappa shape index (κ2) is 4.00. The topological polar surface area (TPSA) is 47.1 Å². The first-order valence-electron chi connectivity index (χ1n) is 6.17. The molecule has 16 heavy (non-hydrogen) atoms. The molecule has 0 aromatic carbocycles. The molecule has 1 aromatic rings. The molecule has 1 aromatic heterocycles. The molecule has 4 heteroatoms. The molecule has 1 fully saturated rings. The quantitative estimate of drug-likeness (QED) is 0.850. The van der Waals surface area contributed by atoms with Gasteiger partial charge in [-0.2, -0.15) is 5.10 Å². The molecule has 0 amide bonds. The van der Waals surface area contributed by atoms with Gasteiger partial charge in [0.1, 0.15) is 0 Å². The number of aryl methyl sites for hydroxylation is 1. The van der Waals surface area contributed by atoms with E-state index in [9.17, 15) is 0 Å². The van der Waals surface area contributed by atoms with Gasteiger partial charge in [-0.3, -0.25) is 0 Å². The summed E-state index contributed by atoms with van der Waals surface area (Å²) in [5.74, 6) is 1.12. The lowest BCUT2D eigenvalue weighted by molar-refractivity contribution is 0.522. The van der Waals surface area contributed by atoms with Crippen molar-refractivity contribution in [2.24, 2.45) is 0 Å². The summed E-state index contributed by atoms with van der Waals surface area (Å²) in [6, 6.07) is 1.04. The van der Waals surface area contributed by atoms with E-state index in [0.29, 0.717) is 12.1 Å². The van der Waals surface area contributed by atoms with Crippen LogP contribution in [-0.2, 0) is 0 Å². The number of nitrogen functional groups attached to an aromatic ring is 1. The molecule has 0 aliphatic heterocycles. The third-order valence-corrected chi connectivity index (χ3v) is 3.19. The van der Waals surface area contributed by atoms with Crippen LogP contribution in [0.4, 0.5) is 11.5 Å². The number of hydrogen-bond acceptors (Lipinski definition) is 3. The molecule has 2 rings (SSSR count). The summed E-state index contributed by atoms with van der Waals surface area (Å²) in [6.45, 7) is 9.47. The minimum Gasteiger partial charge on any atom is -0.394 e. The Hall–Kier alpha value is -1.19. The van der Waals surface area contributed by atoms with Gasteiger partial charge in [0.05, 0.1) is 11.4 Å². The minimum absolute atomic E-state index is 0.360. The van der Waals surface area contributed by atoms with Crippen molar-refractivity contribution < 1.29 is 0 Å². The van der Waals surface area contributed by atoms with Gasteiger partial charge >= 0.3 is 0 Å². The van der Waals surface area contributed by atoms with Crippen LogP contribution in [0.2, 0.25) is 0 Å². The molecule has 0 bridgehead atoms. The lowest BCUT2D eigenvalue weighted by atomic mass is 10.3. The van der Waals surface area contributed by atoms with Crippen LogP contribution in [0, 0.1) is 6.92 Å². The van der Waals surface area contributed by atoms with Crippen molar-refractivity contribution in [3.05, 3.63) is 5.69 Å². The highest BCUT2D eigenvalue weighted by Gasteiger charge is 2.32. The Balaban J connectivity index is 2.43. The largest absolute Gasteiger partial charge is 0.394 e. The molecular formula is C12H22N4. The Morgan fingerprint density at radius 1 is 1.50 bits per heavy atom. The summed E-state index contributed by atoms with van der Waals surface area (Å²) in [7, 11) is 0. The Morgan fingerprint density at radius 3 is 2.56 bits per heavy atom. The first kappa shape index (κ1) is 11.3. The fraction of sp³-hybridized carbons (Fsp3) is 0.750. The van der Waals surface area contributed by atoms with Crippen LogP contribution in [0.25, 0.3) is 0 Å². The maximum absolute atomic E-state index is 6.16. The highest BCUT2D eigenvalue weighted by molar-refractivity contribution is 5.67. The van der Waals surface area contributed by atoms with Crippen molar-refractivity contribution >= 4 is 11.5 Å². The Bertz CT molecular complexity index is 377. The van der Waals surface area contributed by atoms with Crippen LogP contribution < -0.4 is 10.6 Å². The number of rotatable bonds is 4. The number of nitrogens with two attached hydrogens (primary N) is 1. The van der Waals surface area contributed by atoms with E-state index >= 15 is 0 Å². The maximum atomic E-state index is 6.16. The third-order valence-electron chi connectivity index (χ3n) is 3.19. The van der Waals surface area contributed by atoms with E-state index < -0.39 is 0 Å². The van der Waals surface area contributed by atoms with Crippen LogP contribution in [0.3, 0.4) is 0 Å². The first-order valence-corrected chi connectivity index (χ1v) is 6.17. The molecule has 0 radical (unpaired) electrons. The van der Waals surface area contributed by atoms with Crippen molar-refractivity contribution in [2.75, 3.05) is 17.2 Å². The van der Waals surface area contributed by atoms with E-state index in [1.54, 1.807) is 0 Å². The Kier molecular flexibility index (Phi) is 2.82. The lowest BCUT2D eigenvalue weighted by Crippen LogP contribution is -2.29. The molecule has 1 aliphatic carbocycles. The minimum atomic E-state index is 0.360. The van der Waals surface area contributed by atoms with Gasteiger partial charge in [0.15, 0.2) is 5.82 Å². The van der Waals surface area contributed by atoms with Gasteiger partial charge in [0.25, 0.3) is 0 Å². The lowest BCUT2D eigenvalue weighted by Gasteiger charge is -2.25. The second-order valence-corrected chi connectivity index (χ2v) is 4.88. The molecule has 0 spiro atoms. The number of nitrogens with zero attached hydrogens (tertiary/aromatic N) is 3. The molecule has 0 saturated heterocycles. The third kappa shape index (κ3) is 1.77. The molecule has 4 nitrogen and oxygen atoms in total. The summed E-state index contributed by atoms with van der Waals surface area (Å²) >= 11 is 0. The molecule has 0 unspecified atom stereocenters. The molecule has 1 heterocycles. The van der Waals surface area contributed by atoms with Gasteiger partial charge in [-0.05, 0) is 40.5 Å². The van der Waals surface area contributed by atoms with E-state index in [4.69, 9.17) is 5.73 Å². The average molecular weight is 222 g/mol. The van der Waals surface area contributed by atoms with Crippen LogP contribution >= 0.6 is 0 Å². The zero-order chi connectivity index (χ0) is 11.9. The van der Waals surface area contributed by atoms with E-state index in [1.165, 1.54) is 12.8 Å². The normalized spacial score (nSPS) is 15.8. The zero-order valence-electron chi connectivity index (χ0n) is 10.7. The zero-order valence-corrected chi connectivity index (χ0v) is 10.7. The van der Waals surface area contributed by atoms with Crippen molar-refractivity contribution in [1.29, 1.82) is 0 Å². The average Bonchev–Trinajstić information content (AvgIpc) is 3.01. The van der Waals surface area contributed by atoms with Gasteiger partial charge in [0, 0.05) is 18.6 Å². The summed E-state index contributed by atoms with van der Waals surface area (Å²) in [6.07, 6.45) is 2.57. The highest BCUT2D eigenvalue weighted by atomic mass is 15.4. The molecule has 1 aliphatic rings. The number of aromatic nitrogens is 2. The van der Waals surface area contributed by atoms with Crippen LogP contribution in [0.15, 0.2) is 0 Å². The molecule has 90 valence electrons. The predicted octanol–water partition coefficient (Wildman–Crippen LogP) is 2.34. The standard InChI is InChI=1S/C12H22N4/c1-5-15(10-6-7-10)12-11(13)9(4)14-16(12)8(2)3/h8,10H,5-7,13H2,1-4H3. The number of anilines is 2. The SMILES string of the molecule is CCN(c1c(N)c(C)nn1C(C)C)C1CC1. The van der Waals surface area contributed by atoms with Gasteiger partial charge in [-0.15, -0.1) is 0 Å². The van der Waals surface area contributed by atoms with Gasteiger partial charge < -0.3 is 10.6 Å². The van der Waals surface area contributed by atoms with Crippen molar-refractivity contribution in [1.82, 2.24) is 9.78 Å². The fourth-order valence-corrected chi connectivity index (χ4v) is 2.16. The van der Waals surface area contributed by atoms with Crippen molar-refractivity contribution in [2.45, 2.75) is 52.6 Å². The van der Waals surface area contributed by atoms with Crippen LogP contribution in [0.1, 0.15) is 45.3 Å². The van der Waals surface area contributed by atoms with E-state index in [0.717, 1.165) is 23.7 Å². The van der Waals surface area contributed by atoms with Crippen LogP contribution in [0.5, 0.6) is 0 Å². The molecule has 1 saturated carbocycles. The summed E-state index contributed by atoms with van der Waals surface area (Å²) in [5, 5.41) is 4.54. The summed E-state index contributed by atoms with van der Waals surface area (Å²) in [5.41, 5.74) is 7.95.